The van der Waals surface area contributed by atoms with Crippen LogP contribution >= 0.6 is 0 Å². The lowest BCUT2D eigenvalue weighted by Crippen LogP contribution is -1.98. The summed E-state index contributed by atoms with van der Waals surface area (Å²) in [5.41, 5.74) is 4.96. The Morgan fingerprint density at radius 3 is 2.70 bits per heavy atom. The second-order valence-electron chi connectivity index (χ2n) is 5.39. The van der Waals surface area contributed by atoms with Crippen LogP contribution in [0.3, 0.4) is 0 Å². The summed E-state index contributed by atoms with van der Waals surface area (Å²) in [5.74, 6) is 0.839. The molecule has 0 unspecified atom stereocenters. The van der Waals surface area contributed by atoms with Crippen LogP contribution in [0.5, 0.6) is 5.75 Å². The molecule has 4 nitrogen and oxygen atoms in total. The Labute approximate surface area is 135 Å². The second-order valence-corrected chi connectivity index (χ2v) is 5.39. The van der Waals surface area contributed by atoms with Crippen LogP contribution in [0.25, 0.3) is 22.4 Å². The predicted molar refractivity (Wildman–Crippen MR) is 91.2 cm³/mol. The van der Waals surface area contributed by atoms with Crippen molar-refractivity contribution in [3.8, 4) is 28.1 Å². The number of aliphatic hydroxyl groups excluding tert-OH is 1. The molecule has 1 heterocycles. The smallest absolute Gasteiger partial charge is 0.127 e. The number of hydrogen-bond donors (Lipinski definition) is 2. The maximum absolute atomic E-state index is 9.43. The highest BCUT2D eigenvalue weighted by molar-refractivity contribution is 5.75. The molecular weight excluding hydrogens is 288 g/mol. The molecule has 0 fully saturated rings. The number of nitrogens with zero attached hydrogens (tertiary/aromatic N) is 1. The van der Waals surface area contributed by atoms with Crippen molar-refractivity contribution in [2.75, 3.05) is 6.61 Å². The summed E-state index contributed by atoms with van der Waals surface area (Å²) in [4.78, 5) is 0. The number of aromatic amines is 1. The van der Waals surface area contributed by atoms with Gasteiger partial charge >= 0.3 is 0 Å². The molecule has 0 saturated carbocycles. The third-order valence-corrected chi connectivity index (χ3v) is 3.67. The molecule has 4 heteroatoms. The van der Waals surface area contributed by atoms with Crippen LogP contribution in [0.2, 0.25) is 0 Å². The summed E-state index contributed by atoms with van der Waals surface area (Å²) in [6.45, 7) is 2.77. The van der Waals surface area contributed by atoms with Gasteiger partial charge < -0.3 is 9.84 Å². The summed E-state index contributed by atoms with van der Waals surface area (Å²) >= 11 is 0. The highest BCUT2D eigenvalue weighted by atomic mass is 16.5. The van der Waals surface area contributed by atoms with Crippen LogP contribution in [-0.2, 0) is 6.61 Å². The Kier molecular flexibility index (Phi) is 4.74. The minimum atomic E-state index is 0.0152. The molecule has 0 atom stereocenters. The van der Waals surface area contributed by atoms with E-state index < -0.39 is 0 Å². The van der Waals surface area contributed by atoms with E-state index in [1.807, 2.05) is 36.4 Å². The van der Waals surface area contributed by atoms with Crippen LogP contribution in [0.4, 0.5) is 0 Å². The molecule has 23 heavy (non-hydrogen) atoms. The van der Waals surface area contributed by atoms with Gasteiger partial charge in [-0.15, -0.1) is 0 Å². The molecule has 0 spiro atoms. The summed E-state index contributed by atoms with van der Waals surface area (Å²) in [7, 11) is 0. The second kappa shape index (κ2) is 7.11. The van der Waals surface area contributed by atoms with Gasteiger partial charge in [-0.2, -0.15) is 5.10 Å². The molecule has 0 bridgehead atoms. The van der Waals surface area contributed by atoms with Gasteiger partial charge in [0, 0.05) is 17.3 Å². The zero-order valence-corrected chi connectivity index (χ0v) is 13.1. The van der Waals surface area contributed by atoms with Gasteiger partial charge in [-0.1, -0.05) is 31.2 Å². The number of aromatic nitrogens is 2. The Morgan fingerprint density at radius 2 is 1.96 bits per heavy atom. The standard InChI is InChI=1S/C19H20N2O2/c1-2-10-23-19-7-6-14(13-22)11-17(19)15-4-3-5-16(12-15)18-8-9-20-21-18/h3-9,11-12,22H,2,10,13H2,1H3,(H,20,21). The van der Waals surface area contributed by atoms with Gasteiger partial charge in [0.05, 0.1) is 18.9 Å². The number of rotatable bonds is 6. The molecule has 0 aliphatic rings. The van der Waals surface area contributed by atoms with Gasteiger partial charge in [-0.3, -0.25) is 5.10 Å². The Hall–Kier alpha value is -2.59. The number of benzene rings is 2. The lowest BCUT2D eigenvalue weighted by molar-refractivity contribution is 0.281. The topological polar surface area (TPSA) is 58.1 Å². The van der Waals surface area contributed by atoms with Crippen molar-refractivity contribution < 1.29 is 9.84 Å². The summed E-state index contributed by atoms with van der Waals surface area (Å²) in [6.07, 6.45) is 2.69. The highest BCUT2D eigenvalue weighted by Gasteiger charge is 2.09. The van der Waals surface area contributed by atoms with Gasteiger partial charge in [0.2, 0.25) is 0 Å². The Bertz CT molecular complexity index is 767. The van der Waals surface area contributed by atoms with Gasteiger partial charge in [0.25, 0.3) is 0 Å². The Morgan fingerprint density at radius 1 is 1.09 bits per heavy atom. The molecule has 0 radical (unpaired) electrons. The van der Waals surface area contributed by atoms with Crippen LogP contribution in [0.1, 0.15) is 18.9 Å². The van der Waals surface area contributed by atoms with Crippen LogP contribution in [0.15, 0.2) is 54.7 Å². The molecular formula is C19H20N2O2. The quantitative estimate of drug-likeness (QED) is 0.723. The SMILES string of the molecule is CCCOc1ccc(CO)cc1-c1cccc(-c2ccn[nH]2)c1. The van der Waals surface area contributed by atoms with Crippen LogP contribution in [0, 0.1) is 0 Å². The van der Waals surface area contributed by atoms with E-state index in [0.717, 1.165) is 40.1 Å². The minimum Gasteiger partial charge on any atom is -0.493 e. The lowest BCUT2D eigenvalue weighted by atomic mass is 9.99. The molecule has 3 aromatic rings. The van der Waals surface area contributed by atoms with Crippen molar-refractivity contribution in [2.24, 2.45) is 0 Å². The molecule has 0 aliphatic carbocycles. The van der Waals surface area contributed by atoms with E-state index in [-0.39, 0.29) is 6.61 Å². The number of aliphatic hydroxyl groups is 1. The zero-order chi connectivity index (χ0) is 16.1. The van der Waals surface area contributed by atoms with E-state index >= 15 is 0 Å². The predicted octanol–water partition coefficient (Wildman–Crippen LogP) is 4.02. The number of hydrogen-bond acceptors (Lipinski definition) is 3. The van der Waals surface area contributed by atoms with E-state index in [1.165, 1.54) is 0 Å². The van der Waals surface area contributed by atoms with Crippen LogP contribution in [-0.4, -0.2) is 21.9 Å². The van der Waals surface area contributed by atoms with Gasteiger partial charge in [-0.05, 0) is 41.8 Å². The maximum atomic E-state index is 9.43. The van der Waals surface area contributed by atoms with Gasteiger partial charge in [0.1, 0.15) is 5.75 Å². The molecule has 0 amide bonds. The van der Waals surface area contributed by atoms with E-state index in [1.54, 1.807) is 6.20 Å². The lowest BCUT2D eigenvalue weighted by Gasteiger charge is -2.13. The van der Waals surface area contributed by atoms with Gasteiger partial charge in [0.15, 0.2) is 0 Å². The van der Waals surface area contributed by atoms with Crippen molar-refractivity contribution in [1.29, 1.82) is 0 Å². The third kappa shape index (κ3) is 3.43. The van der Waals surface area contributed by atoms with E-state index in [0.29, 0.717) is 6.61 Å². The zero-order valence-electron chi connectivity index (χ0n) is 13.1. The Balaban J connectivity index is 2.04. The molecule has 0 aliphatic heterocycles. The largest absolute Gasteiger partial charge is 0.493 e. The fourth-order valence-corrected chi connectivity index (χ4v) is 2.51. The first-order chi connectivity index (χ1) is 11.3. The molecule has 118 valence electrons. The van der Waals surface area contributed by atoms with Crippen molar-refractivity contribution in [2.45, 2.75) is 20.0 Å². The van der Waals surface area contributed by atoms with Crippen molar-refractivity contribution in [3.63, 3.8) is 0 Å². The number of nitrogens with one attached hydrogen (secondary N) is 1. The van der Waals surface area contributed by atoms with Crippen molar-refractivity contribution in [1.82, 2.24) is 10.2 Å². The van der Waals surface area contributed by atoms with Gasteiger partial charge in [-0.25, -0.2) is 0 Å². The summed E-state index contributed by atoms with van der Waals surface area (Å²) in [6, 6.07) is 16.0. The van der Waals surface area contributed by atoms with Crippen molar-refractivity contribution >= 4 is 0 Å². The summed E-state index contributed by atoms with van der Waals surface area (Å²) in [5, 5.41) is 16.4. The molecule has 2 N–H and O–H groups in total. The molecule has 1 aromatic heterocycles. The van der Waals surface area contributed by atoms with Crippen molar-refractivity contribution in [3.05, 3.63) is 60.3 Å². The molecule has 3 rings (SSSR count). The molecule has 2 aromatic carbocycles. The first-order valence-electron chi connectivity index (χ1n) is 7.78. The average molecular weight is 308 g/mol. The maximum Gasteiger partial charge on any atom is 0.127 e. The summed E-state index contributed by atoms with van der Waals surface area (Å²) < 4.78 is 5.87. The van der Waals surface area contributed by atoms with E-state index in [2.05, 4.69) is 29.3 Å². The number of H-pyrrole nitrogens is 1. The fraction of sp³-hybridized carbons (Fsp3) is 0.211. The normalized spacial score (nSPS) is 10.7. The van der Waals surface area contributed by atoms with E-state index in [9.17, 15) is 5.11 Å². The molecule has 0 saturated heterocycles. The average Bonchev–Trinajstić information content (AvgIpc) is 3.14. The monoisotopic (exact) mass is 308 g/mol. The highest BCUT2D eigenvalue weighted by Crippen LogP contribution is 2.33. The number of ether oxygens (including phenoxy) is 1. The first kappa shape index (κ1) is 15.3. The fourth-order valence-electron chi connectivity index (χ4n) is 2.51. The minimum absolute atomic E-state index is 0.0152. The third-order valence-electron chi connectivity index (χ3n) is 3.67. The van der Waals surface area contributed by atoms with E-state index in [4.69, 9.17) is 4.74 Å². The van der Waals surface area contributed by atoms with Crippen LogP contribution < -0.4 is 4.74 Å². The first-order valence-corrected chi connectivity index (χ1v) is 7.78.